The second-order valence-electron chi connectivity index (χ2n) is 5.64. The molecule has 1 unspecified atom stereocenters. The number of carbonyl (C=O) groups is 1. The van der Waals surface area contributed by atoms with Crippen LogP contribution < -0.4 is 14.8 Å². The summed E-state index contributed by atoms with van der Waals surface area (Å²) in [5.74, 6) is 1.02. The molecule has 0 spiro atoms. The van der Waals surface area contributed by atoms with Crippen LogP contribution in [0.5, 0.6) is 11.5 Å². The predicted octanol–water partition coefficient (Wildman–Crippen LogP) is 3.81. The van der Waals surface area contributed by atoms with E-state index in [1.165, 1.54) is 11.1 Å². The molecule has 4 nitrogen and oxygen atoms in total. The molecule has 1 amide bonds. The Kier molecular flexibility index (Phi) is 5.27. The van der Waals surface area contributed by atoms with E-state index in [-0.39, 0.29) is 11.9 Å². The topological polar surface area (TPSA) is 47.6 Å². The molecule has 0 aliphatic heterocycles. The van der Waals surface area contributed by atoms with Gasteiger partial charge in [-0.1, -0.05) is 18.2 Å². The second-order valence-corrected chi connectivity index (χ2v) is 5.64. The fourth-order valence-corrected chi connectivity index (χ4v) is 2.34. The van der Waals surface area contributed by atoms with Gasteiger partial charge >= 0.3 is 0 Å². The first-order valence-corrected chi connectivity index (χ1v) is 7.55. The van der Waals surface area contributed by atoms with Gasteiger partial charge in [0.2, 0.25) is 0 Å². The number of nitrogens with one attached hydrogen (secondary N) is 1. The third-order valence-corrected chi connectivity index (χ3v) is 3.99. The van der Waals surface area contributed by atoms with Gasteiger partial charge in [0, 0.05) is 11.6 Å². The maximum absolute atomic E-state index is 12.5. The summed E-state index contributed by atoms with van der Waals surface area (Å²) in [6.45, 7) is 6.12. The quantitative estimate of drug-likeness (QED) is 0.913. The molecule has 0 aromatic heterocycles. The Labute approximate surface area is 137 Å². The molecule has 2 rings (SSSR count). The Morgan fingerprint density at radius 1 is 0.957 bits per heavy atom. The lowest BCUT2D eigenvalue weighted by atomic mass is 10.0. The normalized spacial score (nSPS) is 11.7. The van der Waals surface area contributed by atoms with E-state index in [9.17, 15) is 4.79 Å². The SMILES string of the molecule is COc1cc(OC)cc(C(=O)NC(C)c2ccc(C)c(C)c2)c1. The minimum atomic E-state index is -0.159. The predicted molar refractivity (Wildman–Crippen MR) is 91.3 cm³/mol. The molecular weight excluding hydrogens is 290 g/mol. The molecule has 0 saturated carbocycles. The molecule has 1 atom stereocenters. The Balaban J connectivity index is 2.19. The smallest absolute Gasteiger partial charge is 0.252 e. The van der Waals surface area contributed by atoms with E-state index in [1.54, 1.807) is 32.4 Å². The van der Waals surface area contributed by atoms with Gasteiger partial charge in [-0.2, -0.15) is 0 Å². The maximum Gasteiger partial charge on any atom is 0.252 e. The van der Waals surface area contributed by atoms with Gasteiger partial charge in [-0.15, -0.1) is 0 Å². The lowest BCUT2D eigenvalue weighted by Crippen LogP contribution is -2.26. The average molecular weight is 313 g/mol. The number of amides is 1. The fourth-order valence-electron chi connectivity index (χ4n) is 2.34. The van der Waals surface area contributed by atoms with Crippen molar-refractivity contribution in [3.63, 3.8) is 0 Å². The summed E-state index contributed by atoms with van der Waals surface area (Å²) in [4.78, 5) is 12.5. The Bertz CT molecular complexity index is 688. The van der Waals surface area contributed by atoms with E-state index in [4.69, 9.17) is 9.47 Å². The summed E-state index contributed by atoms with van der Waals surface area (Å²) >= 11 is 0. The number of benzene rings is 2. The molecule has 122 valence electrons. The van der Waals surface area contributed by atoms with Gasteiger partial charge in [0.25, 0.3) is 5.91 Å². The largest absolute Gasteiger partial charge is 0.497 e. The van der Waals surface area contributed by atoms with E-state index < -0.39 is 0 Å². The third kappa shape index (κ3) is 4.03. The highest BCUT2D eigenvalue weighted by molar-refractivity contribution is 5.95. The van der Waals surface area contributed by atoms with Crippen LogP contribution in [-0.2, 0) is 0 Å². The van der Waals surface area contributed by atoms with Gasteiger partial charge in [0.15, 0.2) is 0 Å². The first-order chi connectivity index (χ1) is 10.9. The van der Waals surface area contributed by atoms with E-state index in [2.05, 4.69) is 31.3 Å². The zero-order valence-electron chi connectivity index (χ0n) is 14.3. The standard InChI is InChI=1S/C19H23NO3/c1-12-6-7-15(8-13(12)2)14(3)20-19(21)16-9-17(22-4)11-18(10-16)23-5/h6-11,14H,1-5H3,(H,20,21). The van der Waals surface area contributed by atoms with E-state index in [0.717, 1.165) is 5.56 Å². The lowest BCUT2D eigenvalue weighted by molar-refractivity contribution is 0.0939. The Morgan fingerprint density at radius 3 is 2.09 bits per heavy atom. The number of rotatable bonds is 5. The van der Waals surface area contributed by atoms with Crippen LogP contribution in [0.25, 0.3) is 0 Å². The molecule has 23 heavy (non-hydrogen) atoms. The van der Waals surface area contributed by atoms with Crippen molar-refractivity contribution in [1.82, 2.24) is 5.32 Å². The number of hydrogen-bond donors (Lipinski definition) is 1. The van der Waals surface area contributed by atoms with Gasteiger partial charge < -0.3 is 14.8 Å². The van der Waals surface area contributed by atoms with E-state index in [0.29, 0.717) is 17.1 Å². The highest BCUT2D eigenvalue weighted by Gasteiger charge is 2.14. The summed E-state index contributed by atoms with van der Waals surface area (Å²) in [5.41, 5.74) is 4.05. The second kappa shape index (κ2) is 7.18. The molecule has 4 heteroatoms. The lowest BCUT2D eigenvalue weighted by Gasteiger charge is -2.16. The average Bonchev–Trinajstić information content (AvgIpc) is 2.56. The van der Waals surface area contributed by atoms with Crippen LogP contribution >= 0.6 is 0 Å². The monoisotopic (exact) mass is 313 g/mol. The van der Waals surface area contributed by atoms with Crippen LogP contribution in [0.3, 0.4) is 0 Å². The molecular formula is C19H23NO3. The molecule has 2 aromatic rings. The third-order valence-electron chi connectivity index (χ3n) is 3.99. The number of hydrogen-bond acceptors (Lipinski definition) is 3. The van der Waals surface area contributed by atoms with Crippen molar-refractivity contribution in [3.8, 4) is 11.5 Å². The highest BCUT2D eigenvalue weighted by atomic mass is 16.5. The van der Waals surface area contributed by atoms with Crippen LogP contribution in [0.2, 0.25) is 0 Å². The van der Waals surface area contributed by atoms with Crippen molar-refractivity contribution in [2.24, 2.45) is 0 Å². The van der Waals surface area contributed by atoms with Crippen molar-refractivity contribution < 1.29 is 14.3 Å². The maximum atomic E-state index is 12.5. The molecule has 2 aromatic carbocycles. The van der Waals surface area contributed by atoms with Crippen molar-refractivity contribution >= 4 is 5.91 Å². The molecule has 0 heterocycles. The Hall–Kier alpha value is -2.49. The number of aryl methyl sites for hydroxylation is 2. The summed E-state index contributed by atoms with van der Waals surface area (Å²) < 4.78 is 10.4. The number of carbonyl (C=O) groups excluding carboxylic acids is 1. The van der Waals surface area contributed by atoms with Gasteiger partial charge in [-0.3, -0.25) is 4.79 Å². The number of ether oxygens (including phenoxy) is 2. The summed E-state index contributed by atoms with van der Waals surface area (Å²) in [7, 11) is 3.13. The van der Waals surface area contributed by atoms with Crippen LogP contribution in [0.15, 0.2) is 36.4 Å². The molecule has 0 bridgehead atoms. The minimum absolute atomic E-state index is 0.0843. The van der Waals surface area contributed by atoms with Crippen LogP contribution in [0.4, 0.5) is 0 Å². The van der Waals surface area contributed by atoms with Crippen molar-refractivity contribution in [3.05, 3.63) is 58.7 Å². The van der Waals surface area contributed by atoms with Gasteiger partial charge in [-0.25, -0.2) is 0 Å². The summed E-state index contributed by atoms with van der Waals surface area (Å²) in [6.07, 6.45) is 0. The number of methoxy groups -OCH3 is 2. The zero-order valence-corrected chi connectivity index (χ0v) is 14.3. The van der Waals surface area contributed by atoms with Crippen LogP contribution in [0, 0.1) is 13.8 Å². The van der Waals surface area contributed by atoms with Gasteiger partial charge in [0.05, 0.1) is 20.3 Å². The summed E-state index contributed by atoms with van der Waals surface area (Å²) in [5, 5.41) is 3.01. The first-order valence-electron chi connectivity index (χ1n) is 7.55. The highest BCUT2D eigenvalue weighted by Crippen LogP contribution is 2.23. The summed E-state index contributed by atoms with van der Waals surface area (Å²) in [6, 6.07) is 11.3. The van der Waals surface area contributed by atoms with Crippen LogP contribution in [-0.4, -0.2) is 20.1 Å². The molecule has 0 saturated heterocycles. The molecule has 0 aliphatic carbocycles. The van der Waals surface area contributed by atoms with Crippen molar-refractivity contribution in [1.29, 1.82) is 0 Å². The van der Waals surface area contributed by atoms with E-state index >= 15 is 0 Å². The minimum Gasteiger partial charge on any atom is -0.497 e. The first kappa shape index (κ1) is 16.9. The van der Waals surface area contributed by atoms with E-state index in [1.807, 2.05) is 13.0 Å². The van der Waals surface area contributed by atoms with Gasteiger partial charge in [0.1, 0.15) is 11.5 Å². The fraction of sp³-hybridized carbons (Fsp3) is 0.316. The van der Waals surface area contributed by atoms with Crippen molar-refractivity contribution in [2.45, 2.75) is 26.8 Å². The molecule has 0 radical (unpaired) electrons. The molecule has 0 fully saturated rings. The van der Waals surface area contributed by atoms with Gasteiger partial charge in [-0.05, 0) is 49.6 Å². The van der Waals surface area contributed by atoms with Crippen LogP contribution in [0.1, 0.15) is 40.0 Å². The van der Waals surface area contributed by atoms with Crippen molar-refractivity contribution in [2.75, 3.05) is 14.2 Å². The zero-order chi connectivity index (χ0) is 17.0. The molecule has 0 aliphatic rings. The molecule has 1 N–H and O–H groups in total. The Morgan fingerprint density at radius 2 is 1.57 bits per heavy atom.